The van der Waals surface area contributed by atoms with E-state index in [0.29, 0.717) is 18.7 Å². The molecule has 0 radical (unpaired) electrons. The molecule has 4 N–H and O–H groups in total. The van der Waals surface area contributed by atoms with Gasteiger partial charge < -0.3 is 26.0 Å². The lowest BCUT2D eigenvalue weighted by Gasteiger charge is -2.28. The summed E-state index contributed by atoms with van der Waals surface area (Å²) in [5.41, 5.74) is 2.10. The van der Waals surface area contributed by atoms with Crippen LogP contribution in [0.15, 0.2) is 59.8 Å². The fourth-order valence-electron chi connectivity index (χ4n) is 5.31. The average Bonchev–Trinajstić information content (AvgIpc) is 3.61. The Labute approximate surface area is 290 Å². The molecule has 262 valence electrons. The number of hydrogen-bond donors (Lipinski definition) is 4. The van der Waals surface area contributed by atoms with Crippen LogP contribution >= 0.6 is 11.3 Å². The van der Waals surface area contributed by atoms with Crippen LogP contribution in [0.3, 0.4) is 0 Å². The second-order valence-electron chi connectivity index (χ2n) is 13.3. The minimum Gasteiger partial charge on any atom is -0.361 e. The molecule has 3 heterocycles. The minimum absolute atomic E-state index is 0.0176. The van der Waals surface area contributed by atoms with Crippen molar-refractivity contribution >= 4 is 40.7 Å². The van der Waals surface area contributed by atoms with E-state index in [0.717, 1.165) is 5.56 Å². The number of benzene rings is 1. The van der Waals surface area contributed by atoms with Crippen LogP contribution in [0.4, 0.5) is 0 Å². The fourth-order valence-corrected chi connectivity index (χ4v) is 5.88. The third-order valence-corrected chi connectivity index (χ3v) is 8.64. The molecule has 1 aliphatic heterocycles. The first kappa shape index (κ1) is 37.3. The van der Waals surface area contributed by atoms with Crippen LogP contribution in [0.1, 0.15) is 69.2 Å². The molecule has 1 fully saturated rings. The van der Waals surface area contributed by atoms with E-state index in [1.54, 1.807) is 17.8 Å². The first-order valence-corrected chi connectivity index (χ1v) is 17.4. The van der Waals surface area contributed by atoms with Crippen molar-refractivity contribution in [3.05, 3.63) is 76.8 Å². The number of thiazole rings is 1. The zero-order valence-corrected chi connectivity index (χ0v) is 29.3. The summed E-state index contributed by atoms with van der Waals surface area (Å²) in [6.07, 6.45) is 4.97. The Balaban J connectivity index is 1.54. The topological polar surface area (TPSA) is 185 Å². The molecule has 49 heavy (non-hydrogen) atoms. The van der Waals surface area contributed by atoms with Gasteiger partial charge in [0.05, 0.1) is 30.1 Å². The Morgan fingerprint density at radius 1 is 0.796 bits per heavy atom. The number of nitrogens with zero attached hydrogens (tertiary/aromatic N) is 3. The molecule has 0 saturated carbocycles. The van der Waals surface area contributed by atoms with Gasteiger partial charge in [-0.25, -0.2) is 9.97 Å². The average molecular weight is 692 g/mol. The first-order chi connectivity index (χ1) is 23.3. The van der Waals surface area contributed by atoms with Crippen LogP contribution in [0.2, 0.25) is 0 Å². The number of epoxide rings is 1. The van der Waals surface area contributed by atoms with Gasteiger partial charge >= 0.3 is 0 Å². The van der Waals surface area contributed by atoms with Crippen LogP contribution in [-0.2, 0) is 36.8 Å². The molecule has 4 rings (SSSR count). The number of Topliss-reactive ketones (excluding diaryl/α,β-unsaturated/α-hetero) is 1. The molecule has 3 aromatic rings. The predicted molar refractivity (Wildman–Crippen MR) is 183 cm³/mol. The van der Waals surface area contributed by atoms with Crippen LogP contribution in [0.5, 0.6) is 0 Å². The van der Waals surface area contributed by atoms with Gasteiger partial charge in [-0.05, 0) is 37.2 Å². The quantitative estimate of drug-likeness (QED) is 0.146. The normalized spacial score (nSPS) is 17.8. The molecule has 1 saturated heterocycles. The van der Waals surface area contributed by atoms with Crippen LogP contribution < -0.4 is 21.3 Å². The second-order valence-corrected chi connectivity index (χ2v) is 14.0. The van der Waals surface area contributed by atoms with Gasteiger partial charge in [-0.3, -0.25) is 29.0 Å². The predicted octanol–water partition coefficient (Wildman–Crippen LogP) is 2.42. The van der Waals surface area contributed by atoms with Gasteiger partial charge in [-0.1, -0.05) is 58.0 Å². The highest BCUT2D eigenvalue weighted by atomic mass is 32.1. The molecule has 0 unspecified atom stereocenters. The number of hydrogen-bond acceptors (Lipinski definition) is 10. The number of amides is 4. The van der Waals surface area contributed by atoms with Gasteiger partial charge in [0.25, 0.3) is 5.91 Å². The van der Waals surface area contributed by atoms with Crippen LogP contribution in [-0.4, -0.2) is 80.7 Å². The van der Waals surface area contributed by atoms with Crippen LogP contribution in [0, 0.1) is 11.8 Å². The molecule has 0 spiro atoms. The van der Waals surface area contributed by atoms with Gasteiger partial charge in [-0.2, -0.15) is 0 Å². The minimum atomic E-state index is -1.09. The molecule has 0 bridgehead atoms. The summed E-state index contributed by atoms with van der Waals surface area (Å²) in [7, 11) is 0. The Hall–Kier alpha value is -4.56. The van der Waals surface area contributed by atoms with E-state index in [1.807, 2.05) is 58.0 Å². The monoisotopic (exact) mass is 691 g/mol. The Bertz CT molecular complexity index is 1570. The van der Waals surface area contributed by atoms with Gasteiger partial charge in [0.15, 0.2) is 5.78 Å². The highest BCUT2D eigenvalue weighted by Gasteiger charge is 2.50. The van der Waals surface area contributed by atoms with Crippen molar-refractivity contribution in [2.45, 2.75) is 90.1 Å². The van der Waals surface area contributed by atoms with Crippen molar-refractivity contribution in [2.75, 3.05) is 6.61 Å². The van der Waals surface area contributed by atoms with E-state index in [-0.39, 0.29) is 42.6 Å². The van der Waals surface area contributed by atoms with Crippen molar-refractivity contribution in [2.24, 2.45) is 11.8 Å². The van der Waals surface area contributed by atoms with E-state index < -0.39 is 53.4 Å². The maximum Gasteiger partial charge on any atom is 0.272 e. The Morgan fingerprint density at radius 3 is 1.96 bits per heavy atom. The molecular formula is C35H45N7O6S. The number of carbonyl (C=O) groups excluding carboxylic acids is 5. The molecule has 13 nitrogen and oxygen atoms in total. The highest BCUT2D eigenvalue weighted by Crippen LogP contribution is 2.29. The molecule has 4 amide bonds. The molecule has 2 aromatic heterocycles. The summed E-state index contributed by atoms with van der Waals surface area (Å²) in [6.45, 7) is 9.73. The summed E-state index contributed by atoms with van der Waals surface area (Å²) in [6, 6.07) is 5.23. The van der Waals surface area contributed by atoms with E-state index in [1.165, 1.54) is 29.9 Å². The lowest BCUT2D eigenvalue weighted by Crippen LogP contribution is -2.59. The largest absolute Gasteiger partial charge is 0.361 e. The summed E-state index contributed by atoms with van der Waals surface area (Å²) < 4.78 is 5.38. The maximum atomic E-state index is 14.0. The molecular weight excluding hydrogens is 646 g/mol. The summed E-state index contributed by atoms with van der Waals surface area (Å²) >= 11 is 1.35. The number of ether oxygens (including phenoxy) is 1. The van der Waals surface area contributed by atoms with Gasteiger partial charge in [0, 0.05) is 30.6 Å². The second kappa shape index (κ2) is 17.2. The van der Waals surface area contributed by atoms with E-state index in [4.69, 9.17) is 4.74 Å². The van der Waals surface area contributed by atoms with Crippen molar-refractivity contribution in [1.29, 1.82) is 0 Å². The highest BCUT2D eigenvalue weighted by molar-refractivity contribution is 7.07. The zero-order chi connectivity index (χ0) is 35.6. The van der Waals surface area contributed by atoms with Gasteiger partial charge in [0.1, 0.15) is 29.4 Å². The fraction of sp³-hybridized carbons (Fsp3) is 0.486. The van der Waals surface area contributed by atoms with Crippen LogP contribution in [0.25, 0.3) is 0 Å². The Morgan fingerprint density at radius 2 is 1.39 bits per heavy atom. The SMILES string of the molecule is CC(C)C[C@H](NC(=O)[C@H](Cc1cscn1)NC(=O)c1cnccn1)C(=O)N[C@@H](Cc1ccccc1)C(=O)N[C@@H](CC(C)C)C(=O)[C@@]1(C)CO1. The number of carbonyl (C=O) groups is 5. The zero-order valence-electron chi connectivity index (χ0n) is 28.5. The van der Waals surface area contributed by atoms with Gasteiger partial charge in [-0.15, -0.1) is 11.3 Å². The Kier molecular flexibility index (Phi) is 13.1. The lowest BCUT2D eigenvalue weighted by molar-refractivity contribution is -0.134. The molecule has 1 aromatic carbocycles. The summed E-state index contributed by atoms with van der Waals surface area (Å²) in [4.78, 5) is 80.0. The molecule has 1 aliphatic rings. The molecule has 5 atom stereocenters. The molecule has 14 heteroatoms. The van der Waals surface area contributed by atoms with Gasteiger partial charge in [0.2, 0.25) is 17.7 Å². The number of ketones is 1. The summed E-state index contributed by atoms with van der Waals surface area (Å²) in [5.74, 6) is -2.42. The molecule has 0 aliphatic carbocycles. The third-order valence-electron chi connectivity index (χ3n) is 8.01. The van der Waals surface area contributed by atoms with Crippen molar-refractivity contribution < 1.29 is 28.7 Å². The lowest BCUT2D eigenvalue weighted by atomic mass is 9.93. The van der Waals surface area contributed by atoms with E-state index in [2.05, 4.69) is 36.2 Å². The number of aromatic nitrogens is 3. The number of rotatable bonds is 18. The van der Waals surface area contributed by atoms with E-state index in [9.17, 15) is 24.0 Å². The van der Waals surface area contributed by atoms with Crippen molar-refractivity contribution in [3.63, 3.8) is 0 Å². The maximum absolute atomic E-state index is 14.0. The number of nitrogens with one attached hydrogen (secondary N) is 4. The first-order valence-electron chi connectivity index (χ1n) is 16.4. The van der Waals surface area contributed by atoms with Crippen molar-refractivity contribution in [1.82, 2.24) is 36.2 Å². The smallest absolute Gasteiger partial charge is 0.272 e. The summed E-state index contributed by atoms with van der Waals surface area (Å²) in [5, 5.41) is 13.0. The van der Waals surface area contributed by atoms with Crippen molar-refractivity contribution in [3.8, 4) is 0 Å². The standard InChI is InChI=1S/C35H45N7O6S/c1-21(2)13-25(30(43)35(5)19-48-35)39-32(45)27(15-23-9-7-6-8-10-23)41-31(44)26(14-22(3)4)40-33(46)28(16-24-18-49-20-38-24)42-34(47)29-17-36-11-12-37-29/h6-12,17-18,20-22,25-28H,13-16,19H2,1-5H3,(H,39,45)(H,40,46)(H,41,44)(H,42,47)/t25-,26-,27-,28-,35+/m0/s1. The third kappa shape index (κ3) is 11.2. The van der Waals surface area contributed by atoms with E-state index >= 15 is 0 Å².